The van der Waals surface area contributed by atoms with Gasteiger partial charge in [0.2, 0.25) is 0 Å². The van der Waals surface area contributed by atoms with Gasteiger partial charge in [0.1, 0.15) is 0 Å². The molecule has 1 aliphatic carbocycles. The molecule has 0 radical (unpaired) electrons. The van der Waals surface area contributed by atoms with Gasteiger partial charge in [0, 0.05) is 30.5 Å². The summed E-state index contributed by atoms with van der Waals surface area (Å²) in [7, 11) is 0. The summed E-state index contributed by atoms with van der Waals surface area (Å²) >= 11 is 0. The number of hydrogen-bond acceptors (Lipinski definition) is 3. The molecule has 5 heteroatoms. The maximum Gasteiger partial charge on any atom is 0.319 e. The zero-order valence-corrected chi connectivity index (χ0v) is 14.8. The number of urea groups is 1. The summed E-state index contributed by atoms with van der Waals surface area (Å²) in [4.78, 5) is 14.6. The summed E-state index contributed by atoms with van der Waals surface area (Å²) < 4.78 is 5.40. The molecule has 2 fully saturated rings. The van der Waals surface area contributed by atoms with Gasteiger partial charge < -0.3 is 20.3 Å². The van der Waals surface area contributed by atoms with Crippen LogP contribution in [0.4, 0.5) is 16.2 Å². The second kappa shape index (κ2) is 7.88. The monoisotopic (exact) mass is 331 g/mol. The lowest BCUT2D eigenvalue weighted by Gasteiger charge is -2.30. The van der Waals surface area contributed by atoms with Crippen LogP contribution in [0.1, 0.15) is 38.2 Å². The van der Waals surface area contributed by atoms with Gasteiger partial charge >= 0.3 is 6.03 Å². The fraction of sp³-hybridized carbons (Fsp3) is 0.632. The van der Waals surface area contributed by atoms with E-state index >= 15 is 0 Å². The molecule has 0 bridgehead atoms. The Labute approximate surface area is 144 Å². The third-order valence-corrected chi connectivity index (χ3v) is 5.26. The zero-order chi connectivity index (χ0) is 16.9. The molecule has 1 aliphatic heterocycles. The fourth-order valence-corrected chi connectivity index (χ4v) is 3.66. The Morgan fingerprint density at radius 2 is 1.96 bits per heavy atom. The van der Waals surface area contributed by atoms with Crippen LogP contribution in [0.2, 0.25) is 0 Å². The molecule has 1 aromatic rings. The van der Waals surface area contributed by atoms with E-state index in [0.717, 1.165) is 44.0 Å². The first-order chi connectivity index (χ1) is 11.6. The Kier molecular flexibility index (Phi) is 5.61. The van der Waals surface area contributed by atoms with Crippen molar-refractivity contribution in [3.05, 3.63) is 23.8 Å². The zero-order valence-electron chi connectivity index (χ0n) is 14.8. The van der Waals surface area contributed by atoms with Crippen molar-refractivity contribution in [1.82, 2.24) is 5.32 Å². The standard InChI is InChI=1S/C19H29N3O2/c1-14-5-3-4-6-17(14)20-19(23)21-18-8-7-16(13-15(18)2)22-9-11-24-12-10-22/h7-8,13-14,17H,3-6,9-12H2,1-2H3,(H2,20,21,23). The van der Waals surface area contributed by atoms with E-state index in [1.165, 1.54) is 24.9 Å². The minimum Gasteiger partial charge on any atom is -0.378 e. The van der Waals surface area contributed by atoms with Crippen LogP contribution in [0.3, 0.4) is 0 Å². The van der Waals surface area contributed by atoms with Crippen molar-refractivity contribution in [3.8, 4) is 0 Å². The first-order valence-corrected chi connectivity index (χ1v) is 9.14. The SMILES string of the molecule is Cc1cc(N2CCOCC2)ccc1NC(=O)NC1CCCCC1C. The van der Waals surface area contributed by atoms with Gasteiger partial charge in [-0.2, -0.15) is 0 Å². The average molecular weight is 331 g/mol. The minimum absolute atomic E-state index is 0.0871. The van der Waals surface area contributed by atoms with E-state index < -0.39 is 0 Å². The number of benzene rings is 1. The van der Waals surface area contributed by atoms with Crippen LogP contribution in [0.15, 0.2) is 18.2 Å². The van der Waals surface area contributed by atoms with E-state index in [4.69, 9.17) is 4.74 Å². The smallest absolute Gasteiger partial charge is 0.319 e. The van der Waals surface area contributed by atoms with Crippen molar-refractivity contribution >= 4 is 17.4 Å². The number of carbonyl (C=O) groups excluding carboxylic acids is 1. The van der Waals surface area contributed by atoms with E-state index in [-0.39, 0.29) is 6.03 Å². The number of morpholine rings is 1. The molecule has 2 atom stereocenters. The lowest BCUT2D eigenvalue weighted by atomic mass is 9.86. The summed E-state index contributed by atoms with van der Waals surface area (Å²) in [5.74, 6) is 0.564. The summed E-state index contributed by atoms with van der Waals surface area (Å²) in [6, 6.07) is 6.44. The van der Waals surface area contributed by atoms with E-state index in [1.54, 1.807) is 0 Å². The second-order valence-electron chi connectivity index (χ2n) is 7.07. The Bertz CT molecular complexity index is 570. The molecule has 1 saturated carbocycles. The number of anilines is 2. The van der Waals surface area contributed by atoms with E-state index in [2.05, 4.69) is 34.6 Å². The van der Waals surface area contributed by atoms with Gasteiger partial charge in [0.15, 0.2) is 0 Å². The molecule has 2 N–H and O–H groups in total. The molecule has 2 unspecified atom stereocenters. The molecule has 1 heterocycles. The van der Waals surface area contributed by atoms with Crippen molar-refractivity contribution in [2.75, 3.05) is 36.5 Å². The van der Waals surface area contributed by atoms with Gasteiger partial charge in [-0.3, -0.25) is 0 Å². The van der Waals surface area contributed by atoms with Gasteiger partial charge in [-0.05, 0) is 49.4 Å². The highest BCUT2D eigenvalue weighted by atomic mass is 16.5. The van der Waals surface area contributed by atoms with Crippen LogP contribution in [0.5, 0.6) is 0 Å². The summed E-state index contributed by atoms with van der Waals surface area (Å²) in [6.07, 6.45) is 4.79. The first-order valence-electron chi connectivity index (χ1n) is 9.14. The third kappa shape index (κ3) is 4.20. The molecule has 24 heavy (non-hydrogen) atoms. The van der Waals surface area contributed by atoms with Crippen LogP contribution in [0.25, 0.3) is 0 Å². The molecule has 5 nitrogen and oxygen atoms in total. The Hall–Kier alpha value is -1.75. The van der Waals surface area contributed by atoms with Crippen molar-refractivity contribution in [3.63, 3.8) is 0 Å². The second-order valence-corrected chi connectivity index (χ2v) is 7.07. The Balaban J connectivity index is 1.59. The summed E-state index contributed by atoms with van der Waals surface area (Å²) in [5.41, 5.74) is 3.17. The number of carbonyl (C=O) groups is 1. The predicted octanol–water partition coefficient (Wildman–Crippen LogP) is 3.53. The largest absolute Gasteiger partial charge is 0.378 e. The highest BCUT2D eigenvalue weighted by Gasteiger charge is 2.23. The number of ether oxygens (including phenoxy) is 1. The number of amides is 2. The van der Waals surface area contributed by atoms with E-state index in [1.807, 2.05) is 13.0 Å². The number of hydrogen-bond donors (Lipinski definition) is 2. The molecule has 132 valence electrons. The quantitative estimate of drug-likeness (QED) is 0.891. The molecular formula is C19H29N3O2. The van der Waals surface area contributed by atoms with E-state index in [9.17, 15) is 4.79 Å². The molecule has 2 aliphatic rings. The first kappa shape index (κ1) is 17.1. The van der Waals surface area contributed by atoms with Gasteiger partial charge in [-0.25, -0.2) is 4.79 Å². The molecule has 1 aromatic carbocycles. The fourth-order valence-electron chi connectivity index (χ4n) is 3.66. The van der Waals surface area contributed by atoms with Crippen molar-refractivity contribution < 1.29 is 9.53 Å². The van der Waals surface area contributed by atoms with Gasteiger partial charge in [-0.1, -0.05) is 19.8 Å². The maximum atomic E-state index is 12.3. The Morgan fingerprint density at radius 3 is 2.67 bits per heavy atom. The molecule has 2 amide bonds. The number of rotatable bonds is 3. The molecular weight excluding hydrogens is 302 g/mol. The van der Waals surface area contributed by atoms with Crippen molar-refractivity contribution in [2.45, 2.75) is 45.6 Å². The minimum atomic E-state index is -0.0871. The highest BCUT2D eigenvalue weighted by Crippen LogP contribution is 2.25. The average Bonchev–Trinajstić information content (AvgIpc) is 2.59. The molecule has 0 aromatic heterocycles. The molecule has 3 rings (SSSR count). The van der Waals surface area contributed by atoms with Crippen LogP contribution < -0.4 is 15.5 Å². The molecule has 0 spiro atoms. The van der Waals surface area contributed by atoms with Crippen LogP contribution in [-0.2, 0) is 4.74 Å². The predicted molar refractivity (Wildman–Crippen MR) is 97.8 cm³/mol. The topological polar surface area (TPSA) is 53.6 Å². The van der Waals surface area contributed by atoms with Crippen LogP contribution in [0, 0.1) is 12.8 Å². The van der Waals surface area contributed by atoms with Gasteiger partial charge in [-0.15, -0.1) is 0 Å². The van der Waals surface area contributed by atoms with Crippen molar-refractivity contribution in [1.29, 1.82) is 0 Å². The van der Waals surface area contributed by atoms with Crippen molar-refractivity contribution in [2.24, 2.45) is 5.92 Å². The number of nitrogens with zero attached hydrogens (tertiary/aromatic N) is 1. The van der Waals surface area contributed by atoms with Crippen LogP contribution in [-0.4, -0.2) is 38.4 Å². The van der Waals surface area contributed by atoms with E-state index in [0.29, 0.717) is 12.0 Å². The summed E-state index contributed by atoms with van der Waals surface area (Å²) in [5, 5.41) is 6.16. The van der Waals surface area contributed by atoms with Gasteiger partial charge in [0.25, 0.3) is 0 Å². The third-order valence-electron chi connectivity index (χ3n) is 5.26. The van der Waals surface area contributed by atoms with Gasteiger partial charge in [0.05, 0.1) is 13.2 Å². The highest BCUT2D eigenvalue weighted by molar-refractivity contribution is 5.90. The maximum absolute atomic E-state index is 12.3. The normalized spacial score (nSPS) is 24.5. The lowest BCUT2D eigenvalue weighted by molar-refractivity contribution is 0.122. The summed E-state index contributed by atoms with van der Waals surface area (Å²) in [6.45, 7) is 7.68. The Morgan fingerprint density at radius 1 is 1.21 bits per heavy atom. The lowest BCUT2D eigenvalue weighted by Crippen LogP contribution is -2.43. The number of nitrogens with one attached hydrogen (secondary N) is 2. The number of aryl methyl sites for hydroxylation is 1. The van der Waals surface area contributed by atoms with Crippen LogP contribution >= 0.6 is 0 Å². The molecule has 1 saturated heterocycles.